The summed E-state index contributed by atoms with van der Waals surface area (Å²) in [4.78, 5) is 14.3. The number of ether oxygens (including phenoxy) is 3. The lowest BCUT2D eigenvalue weighted by Gasteiger charge is -2.44. The van der Waals surface area contributed by atoms with E-state index in [9.17, 15) is 0 Å². The van der Waals surface area contributed by atoms with Gasteiger partial charge in [-0.2, -0.15) is 0 Å². The Kier molecular flexibility index (Phi) is 12.3. The summed E-state index contributed by atoms with van der Waals surface area (Å²) in [6.45, 7) is -0.557. The molecule has 99 heavy (non-hydrogen) atoms. The molecule has 0 amide bonds. The van der Waals surface area contributed by atoms with Gasteiger partial charge in [0.2, 0.25) is 0 Å². The highest BCUT2D eigenvalue weighted by Gasteiger charge is 2.50. The van der Waals surface area contributed by atoms with Crippen molar-refractivity contribution in [2.75, 3.05) is 50.5 Å². The maximum absolute atomic E-state index is 7.73. The SMILES string of the molecule is CN1c2cc3c(cc2B2c4cc5c(cc4Oc4cc(N(c6ccccc6)c6ccccc6)cc1c42)N(C)c1cc(N(c2ccccc2)c2ccccc2)cc2c1B5c1sc4ccccc4c1O2)B1c2sc4ccccc4c2Oc2cc(N(c4ccccc4)c4ccccc4)cc(c21)N3C. The zero-order valence-electron chi connectivity index (χ0n) is 54.2. The van der Waals surface area contributed by atoms with Crippen molar-refractivity contribution in [2.45, 2.75) is 0 Å². The molecule has 0 fully saturated rings. The van der Waals surface area contributed by atoms with Crippen LogP contribution in [0.15, 0.2) is 291 Å². The molecule has 2 aromatic heterocycles. The van der Waals surface area contributed by atoms with Crippen LogP contribution in [0.4, 0.5) is 85.3 Å². The predicted molar refractivity (Wildman–Crippen MR) is 418 cm³/mol. The molecule has 466 valence electrons. The van der Waals surface area contributed by atoms with Crippen LogP contribution in [0.1, 0.15) is 0 Å². The molecule has 0 unspecified atom stereocenters. The second-order valence-corrected chi connectivity index (χ2v) is 28.6. The molecule has 0 bridgehead atoms. The zero-order valence-corrected chi connectivity index (χ0v) is 55.8. The van der Waals surface area contributed by atoms with E-state index < -0.39 is 0 Å². The number of nitrogens with zero attached hydrogens (tertiary/aromatic N) is 6. The average Bonchev–Trinajstić information content (AvgIpc) is 1.69. The third-order valence-corrected chi connectivity index (χ3v) is 23.5. The molecule has 9 nitrogen and oxygen atoms in total. The van der Waals surface area contributed by atoms with E-state index >= 15 is 0 Å². The van der Waals surface area contributed by atoms with E-state index in [1.165, 1.54) is 40.8 Å². The molecule has 13 aromatic carbocycles. The van der Waals surface area contributed by atoms with Gasteiger partial charge in [0.05, 0.1) is 17.1 Å². The van der Waals surface area contributed by atoms with Gasteiger partial charge in [-0.1, -0.05) is 146 Å². The van der Waals surface area contributed by atoms with E-state index in [0.29, 0.717) is 0 Å². The molecule has 0 saturated carbocycles. The summed E-state index contributed by atoms with van der Waals surface area (Å²) in [5, 5.41) is 2.24. The van der Waals surface area contributed by atoms with Crippen LogP contribution in [-0.2, 0) is 0 Å². The largest absolute Gasteiger partial charge is 0.458 e. The molecule has 0 spiro atoms. The number of hydrogen-bond donors (Lipinski definition) is 0. The number of para-hydroxylation sites is 6. The zero-order chi connectivity index (χ0) is 65.3. The molecule has 6 aliphatic heterocycles. The van der Waals surface area contributed by atoms with Crippen LogP contribution >= 0.6 is 22.7 Å². The van der Waals surface area contributed by atoms with Crippen molar-refractivity contribution in [3.05, 3.63) is 291 Å². The summed E-state index contributed by atoms with van der Waals surface area (Å²) in [6.07, 6.45) is 0. The first-order valence-corrected chi connectivity index (χ1v) is 35.4. The molecule has 0 aliphatic carbocycles. The standard InChI is InChI=1S/C85H57B3N6O3S2/c1-89-67-50-68-64(87-80-71(90(68)2)43-59(93(54-30-14-6-15-31-54)55-32-16-7-17-33-55)46-75(80)96-82-61-38-22-24-40-77(61)98-84(82)87)48-63(67)86-66-49-65-69(51-73(66)95-74-45-58(42-70(89)79(74)86)92(52-26-10-4-11-27-52)53-28-12-5-13-29-53)91(3)72-44-60(94(56-34-18-8-19-35-56)57-36-20-9-21-37-57)47-76-81(72)88(65)85-83(97-76)62-39-23-25-41-78(62)99-85/h4-51H,1-3H3. The van der Waals surface area contributed by atoms with Gasteiger partial charge in [0.25, 0.3) is 20.1 Å². The van der Waals surface area contributed by atoms with Crippen LogP contribution in [-0.4, -0.2) is 41.3 Å². The van der Waals surface area contributed by atoms with E-state index in [4.69, 9.17) is 14.2 Å². The highest BCUT2D eigenvalue weighted by molar-refractivity contribution is 7.34. The molecule has 6 aliphatic rings. The van der Waals surface area contributed by atoms with E-state index in [1.807, 2.05) is 22.7 Å². The Bertz CT molecular complexity index is 5730. The molecule has 0 radical (unpaired) electrons. The Hall–Kier alpha value is -11.8. The highest BCUT2D eigenvalue weighted by atomic mass is 32.1. The van der Waals surface area contributed by atoms with Crippen LogP contribution in [0.25, 0.3) is 20.2 Å². The van der Waals surface area contributed by atoms with Gasteiger partial charge >= 0.3 is 0 Å². The number of benzene rings is 13. The molecular weight excluding hydrogens is 1250 g/mol. The molecule has 0 atom stereocenters. The fourth-order valence-corrected chi connectivity index (χ4v) is 19.3. The predicted octanol–water partition coefficient (Wildman–Crippen LogP) is 16.6. The van der Waals surface area contributed by atoms with Gasteiger partial charge in [0.15, 0.2) is 0 Å². The van der Waals surface area contributed by atoms with Crippen LogP contribution in [0, 0.1) is 0 Å². The second kappa shape index (κ2) is 21.6. The summed E-state index contributed by atoms with van der Waals surface area (Å²) in [5.74, 6) is 5.22. The normalized spacial score (nSPS) is 13.5. The summed E-state index contributed by atoms with van der Waals surface area (Å²) >= 11 is 3.70. The third kappa shape index (κ3) is 8.36. The summed E-state index contributed by atoms with van der Waals surface area (Å²) in [6, 6.07) is 106. The fraction of sp³-hybridized carbons (Fsp3) is 0.0353. The lowest BCUT2D eigenvalue weighted by atomic mass is 9.30. The molecule has 8 heterocycles. The Morgan fingerprint density at radius 2 is 0.566 bits per heavy atom. The van der Waals surface area contributed by atoms with Gasteiger partial charge < -0.3 is 43.6 Å². The van der Waals surface area contributed by atoms with Gasteiger partial charge in [-0.3, -0.25) is 0 Å². The topological polar surface area (TPSA) is 47.1 Å². The maximum atomic E-state index is 7.73. The quantitative estimate of drug-likeness (QED) is 0.132. The third-order valence-electron chi connectivity index (χ3n) is 21.1. The lowest BCUT2D eigenvalue weighted by Crippen LogP contribution is -2.65. The monoisotopic (exact) mass is 1310 g/mol. The van der Waals surface area contributed by atoms with Crippen molar-refractivity contribution in [1.29, 1.82) is 0 Å². The molecular formula is C85H57B3N6O3S2. The Labute approximate surface area is 582 Å². The molecule has 15 aromatic rings. The van der Waals surface area contributed by atoms with E-state index in [2.05, 4.69) is 342 Å². The van der Waals surface area contributed by atoms with Crippen molar-refractivity contribution in [3.8, 4) is 34.5 Å². The van der Waals surface area contributed by atoms with E-state index in [-0.39, 0.29) is 20.1 Å². The number of anilines is 15. The van der Waals surface area contributed by atoms with Crippen LogP contribution < -0.4 is 91.4 Å². The Morgan fingerprint density at radius 1 is 0.263 bits per heavy atom. The lowest BCUT2D eigenvalue weighted by molar-refractivity contribution is 0.488. The maximum Gasteiger partial charge on any atom is 0.268 e. The molecule has 21 rings (SSSR count). The van der Waals surface area contributed by atoms with Gasteiger partial charge in [0.1, 0.15) is 34.5 Å². The number of fused-ring (bicyclic) bond motifs is 16. The fourth-order valence-electron chi connectivity index (χ4n) is 16.8. The van der Waals surface area contributed by atoms with Crippen molar-refractivity contribution < 1.29 is 14.2 Å². The number of thiophene rings is 2. The number of hydrogen-bond acceptors (Lipinski definition) is 11. The second-order valence-electron chi connectivity index (χ2n) is 26.4. The van der Waals surface area contributed by atoms with Crippen molar-refractivity contribution >= 4 is 196 Å². The first kappa shape index (κ1) is 56.4. The summed E-state index contributed by atoms with van der Waals surface area (Å²) < 4.78 is 27.4. The van der Waals surface area contributed by atoms with Gasteiger partial charge in [-0.15, -0.1) is 22.7 Å². The first-order chi connectivity index (χ1) is 48.8. The molecule has 14 heteroatoms. The van der Waals surface area contributed by atoms with Crippen molar-refractivity contribution in [2.24, 2.45) is 0 Å². The molecule has 0 N–H and O–H groups in total. The van der Waals surface area contributed by atoms with E-state index in [1.54, 1.807) is 0 Å². The van der Waals surface area contributed by atoms with E-state index in [0.717, 1.165) is 147 Å². The smallest absolute Gasteiger partial charge is 0.268 e. The molecule has 0 saturated heterocycles. The Balaban J connectivity index is 0.806. The first-order valence-electron chi connectivity index (χ1n) is 33.7. The van der Waals surface area contributed by atoms with Crippen molar-refractivity contribution in [3.63, 3.8) is 0 Å². The minimum absolute atomic E-state index is 0.146. The highest BCUT2D eigenvalue weighted by Crippen LogP contribution is 2.51. The minimum Gasteiger partial charge on any atom is -0.458 e. The van der Waals surface area contributed by atoms with Gasteiger partial charge in [-0.05, 0) is 160 Å². The van der Waals surface area contributed by atoms with Crippen molar-refractivity contribution in [1.82, 2.24) is 0 Å². The minimum atomic E-state index is -0.252. The summed E-state index contributed by atoms with van der Waals surface area (Å²) in [5.41, 5.74) is 24.3. The summed E-state index contributed by atoms with van der Waals surface area (Å²) in [7, 11) is 6.73. The van der Waals surface area contributed by atoms with Gasteiger partial charge in [-0.25, -0.2) is 0 Å². The van der Waals surface area contributed by atoms with Gasteiger partial charge in [0, 0.05) is 143 Å². The average molecular weight is 1310 g/mol. The van der Waals surface area contributed by atoms with Crippen LogP contribution in [0.2, 0.25) is 0 Å². The number of rotatable bonds is 9. The van der Waals surface area contributed by atoms with Crippen LogP contribution in [0.3, 0.4) is 0 Å². The Morgan fingerprint density at radius 3 is 0.939 bits per heavy atom. The van der Waals surface area contributed by atoms with Crippen LogP contribution in [0.5, 0.6) is 34.5 Å².